The Morgan fingerprint density at radius 3 is 1.44 bits per heavy atom. The summed E-state index contributed by atoms with van der Waals surface area (Å²) in [5, 5.41) is 7.00. The standard InChI is InChI=1S/C5H11.CH4O.ClH.Mg/c1-4-5(2)3;1-2;;/h5H,1,4H2,2-3H3;2H,1H3;1H;/q-1;;;+2. The van der Waals surface area contributed by atoms with Crippen molar-refractivity contribution in [2.75, 3.05) is 7.11 Å². The molecule has 0 bridgehead atoms. The Balaban J connectivity index is -0.0000000286. The van der Waals surface area contributed by atoms with Crippen LogP contribution in [0.1, 0.15) is 20.3 Å². The maximum absolute atomic E-state index is 7.00. The van der Waals surface area contributed by atoms with E-state index in [9.17, 15) is 0 Å². The van der Waals surface area contributed by atoms with Gasteiger partial charge < -0.3 is 12.0 Å². The maximum atomic E-state index is 7.00. The van der Waals surface area contributed by atoms with E-state index < -0.39 is 0 Å². The molecule has 0 radical (unpaired) electrons. The van der Waals surface area contributed by atoms with Crippen LogP contribution in [-0.4, -0.2) is 35.3 Å². The third-order valence-corrected chi connectivity index (χ3v) is 0.577. The van der Waals surface area contributed by atoms with E-state index in [0.717, 1.165) is 19.4 Å². The molecule has 0 aliphatic carbocycles. The van der Waals surface area contributed by atoms with Gasteiger partial charge in [-0.2, -0.15) is 6.42 Å². The predicted molar refractivity (Wildman–Crippen MR) is 46.0 cm³/mol. The first-order chi connectivity index (χ1) is 3.27. The van der Waals surface area contributed by atoms with Crippen molar-refractivity contribution in [3.05, 3.63) is 6.92 Å². The van der Waals surface area contributed by atoms with Gasteiger partial charge in [0.1, 0.15) is 0 Å². The van der Waals surface area contributed by atoms with Gasteiger partial charge in [0, 0.05) is 7.11 Å². The molecule has 0 saturated heterocycles. The molecule has 54 valence electrons. The van der Waals surface area contributed by atoms with Gasteiger partial charge in [0.2, 0.25) is 0 Å². The number of hydrogen-bond acceptors (Lipinski definition) is 1. The zero-order valence-corrected chi connectivity index (χ0v) is 8.78. The van der Waals surface area contributed by atoms with Crippen LogP contribution in [0.3, 0.4) is 0 Å². The summed E-state index contributed by atoms with van der Waals surface area (Å²) in [6.45, 7) is 8.00. The fraction of sp³-hybridized carbons (Fsp3) is 0.833. The normalized spacial score (nSPS) is 6.00. The molecule has 0 saturated carbocycles. The van der Waals surface area contributed by atoms with Crippen LogP contribution in [0.5, 0.6) is 0 Å². The van der Waals surface area contributed by atoms with Crippen LogP contribution < -0.4 is 0 Å². The molecule has 0 unspecified atom stereocenters. The monoisotopic (exact) mass is 163 g/mol. The third kappa shape index (κ3) is 48.8. The zero-order valence-electron chi connectivity index (χ0n) is 6.55. The summed E-state index contributed by atoms with van der Waals surface area (Å²) in [6.07, 6.45) is 1.06. The minimum Gasteiger partial charge on any atom is -0.400 e. The van der Waals surface area contributed by atoms with Crippen LogP contribution >= 0.6 is 12.4 Å². The molecule has 1 nitrogen and oxygen atoms in total. The van der Waals surface area contributed by atoms with Gasteiger partial charge in [0.05, 0.1) is 0 Å². The Morgan fingerprint density at radius 2 is 1.44 bits per heavy atom. The second kappa shape index (κ2) is 23.0. The fourth-order valence-electron chi connectivity index (χ4n) is 0. The van der Waals surface area contributed by atoms with Gasteiger partial charge in [0.25, 0.3) is 0 Å². The number of rotatable bonds is 1. The molecule has 0 heterocycles. The van der Waals surface area contributed by atoms with Crippen molar-refractivity contribution in [1.29, 1.82) is 0 Å². The van der Waals surface area contributed by atoms with Crippen molar-refractivity contribution in [3.8, 4) is 0 Å². The van der Waals surface area contributed by atoms with Crippen LogP contribution in [0.2, 0.25) is 0 Å². The van der Waals surface area contributed by atoms with Gasteiger partial charge in [-0.3, -0.25) is 0 Å². The molecule has 0 aromatic carbocycles. The molecule has 9 heavy (non-hydrogen) atoms. The summed E-state index contributed by atoms with van der Waals surface area (Å²) in [5.74, 6) is 0.773. The second-order valence-electron chi connectivity index (χ2n) is 1.68. The van der Waals surface area contributed by atoms with Crippen LogP contribution in [0.15, 0.2) is 0 Å². The van der Waals surface area contributed by atoms with Crippen molar-refractivity contribution in [1.82, 2.24) is 0 Å². The Morgan fingerprint density at radius 1 is 1.33 bits per heavy atom. The van der Waals surface area contributed by atoms with Crippen LogP contribution in [0.4, 0.5) is 0 Å². The van der Waals surface area contributed by atoms with E-state index in [1.807, 2.05) is 0 Å². The summed E-state index contributed by atoms with van der Waals surface area (Å²) in [4.78, 5) is 0. The molecule has 0 amide bonds. The van der Waals surface area contributed by atoms with E-state index in [2.05, 4.69) is 20.8 Å². The third-order valence-electron chi connectivity index (χ3n) is 0.577. The van der Waals surface area contributed by atoms with Gasteiger partial charge in [-0.15, -0.1) is 12.4 Å². The van der Waals surface area contributed by atoms with Gasteiger partial charge in [-0.25, -0.2) is 0 Å². The van der Waals surface area contributed by atoms with E-state index >= 15 is 0 Å². The second-order valence-corrected chi connectivity index (χ2v) is 1.68. The Hall–Kier alpha value is 1.02. The van der Waals surface area contributed by atoms with Crippen molar-refractivity contribution in [2.24, 2.45) is 5.92 Å². The first-order valence-electron chi connectivity index (χ1n) is 2.51. The van der Waals surface area contributed by atoms with Gasteiger partial charge in [-0.05, 0) is 0 Å². The van der Waals surface area contributed by atoms with Crippen molar-refractivity contribution >= 4 is 35.5 Å². The molecule has 0 fully saturated rings. The van der Waals surface area contributed by atoms with E-state index in [1.165, 1.54) is 0 Å². The molecule has 0 aromatic heterocycles. The van der Waals surface area contributed by atoms with Crippen molar-refractivity contribution in [3.63, 3.8) is 0 Å². The molecular weight excluding hydrogens is 148 g/mol. The molecular formula is C6H16ClMgO+. The largest absolute Gasteiger partial charge is 2.00 e. The summed E-state index contributed by atoms with van der Waals surface area (Å²) in [5.41, 5.74) is 0. The number of halogens is 1. The van der Waals surface area contributed by atoms with Crippen molar-refractivity contribution in [2.45, 2.75) is 20.3 Å². The summed E-state index contributed by atoms with van der Waals surface area (Å²) < 4.78 is 0. The summed E-state index contributed by atoms with van der Waals surface area (Å²) >= 11 is 0. The first kappa shape index (κ1) is 22.5. The average Bonchev–Trinajstić information content (AvgIpc) is 1.73. The summed E-state index contributed by atoms with van der Waals surface area (Å²) in [6, 6.07) is 0. The quantitative estimate of drug-likeness (QED) is 0.460. The Bertz CT molecular complexity index is 27.0. The molecule has 0 spiro atoms. The molecule has 0 aromatic rings. The molecule has 0 aliphatic heterocycles. The maximum Gasteiger partial charge on any atom is 2.00 e. The van der Waals surface area contributed by atoms with Crippen molar-refractivity contribution < 1.29 is 5.11 Å². The predicted octanol–water partition coefficient (Wildman–Crippen LogP) is 1.52. The van der Waals surface area contributed by atoms with Gasteiger partial charge >= 0.3 is 23.1 Å². The van der Waals surface area contributed by atoms with E-state index in [1.54, 1.807) is 0 Å². The van der Waals surface area contributed by atoms with Crippen LogP contribution in [-0.2, 0) is 0 Å². The van der Waals surface area contributed by atoms with E-state index in [4.69, 9.17) is 5.11 Å². The molecule has 0 atom stereocenters. The van der Waals surface area contributed by atoms with E-state index in [0.29, 0.717) is 0 Å². The molecule has 1 N–H and O–H groups in total. The number of aliphatic hydroxyl groups excluding tert-OH is 1. The van der Waals surface area contributed by atoms with Gasteiger partial charge in [-0.1, -0.05) is 19.8 Å². The first-order valence-corrected chi connectivity index (χ1v) is 2.51. The van der Waals surface area contributed by atoms with Crippen LogP contribution in [0.25, 0.3) is 0 Å². The Labute approximate surface area is 80.8 Å². The fourth-order valence-corrected chi connectivity index (χ4v) is 0. The number of aliphatic hydroxyl groups is 1. The minimum atomic E-state index is 0. The summed E-state index contributed by atoms with van der Waals surface area (Å²) in [7, 11) is 1.00. The SMILES string of the molecule is CO.Cl.[CH2-]CC(C)C.[Mg+2]. The zero-order chi connectivity index (χ0) is 6.28. The topological polar surface area (TPSA) is 20.2 Å². The number of hydrogen-bond donors (Lipinski definition) is 1. The molecule has 0 rings (SSSR count). The van der Waals surface area contributed by atoms with E-state index in [-0.39, 0.29) is 35.5 Å². The Kier molecular flexibility index (Phi) is 57.6. The molecule has 3 heteroatoms. The minimum absolute atomic E-state index is 0. The van der Waals surface area contributed by atoms with Gasteiger partial charge in [0.15, 0.2) is 0 Å². The smallest absolute Gasteiger partial charge is 0.400 e. The molecule has 0 aliphatic rings. The van der Waals surface area contributed by atoms with Crippen LogP contribution in [0, 0.1) is 12.8 Å². The average molecular weight is 164 g/mol.